The Morgan fingerprint density at radius 2 is 1.90 bits per heavy atom. The molecule has 3 nitrogen and oxygen atoms in total. The molecule has 0 spiro atoms. The van der Waals surface area contributed by atoms with E-state index in [1.54, 1.807) is 0 Å². The summed E-state index contributed by atoms with van der Waals surface area (Å²) in [6.07, 6.45) is 2.02. The van der Waals surface area contributed by atoms with Crippen LogP contribution in [0.15, 0.2) is 30.3 Å². The van der Waals surface area contributed by atoms with Crippen molar-refractivity contribution in [2.75, 3.05) is 6.54 Å². The van der Waals surface area contributed by atoms with Gasteiger partial charge in [-0.05, 0) is 43.5 Å². The molecule has 1 N–H and O–H groups in total. The Balaban J connectivity index is 2.28. The van der Waals surface area contributed by atoms with Crippen LogP contribution in [0.1, 0.15) is 49.3 Å². The summed E-state index contributed by atoms with van der Waals surface area (Å²) < 4.78 is 2.18. The zero-order valence-electron chi connectivity index (χ0n) is 13.7. The summed E-state index contributed by atoms with van der Waals surface area (Å²) in [4.78, 5) is 0. The van der Waals surface area contributed by atoms with Crippen molar-refractivity contribution in [1.29, 1.82) is 0 Å². The lowest BCUT2D eigenvalue weighted by atomic mass is 10.0. The summed E-state index contributed by atoms with van der Waals surface area (Å²) in [5.74, 6) is 0. The molecule has 1 unspecified atom stereocenters. The number of aryl methyl sites for hydroxylation is 3. The summed E-state index contributed by atoms with van der Waals surface area (Å²) in [5, 5.41) is 8.36. The van der Waals surface area contributed by atoms with Gasteiger partial charge < -0.3 is 5.32 Å². The second kappa shape index (κ2) is 7.41. The van der Waals surface area contributed by atoms with Gasteiger partial charge in [0.1, 0.15) is 0 Å². The maximum absolute atomic E-state index is 4.75. The number of likely N-dealkylation sites (N-methyl/N-ethyl adjacent to an activating group) is 1. The van der Waals surface area contributed by atoms with Gasteiger partial charge in [0, 0.05) is 5.69 Å². The molecule has 1 aromatic carbocycles. The maximum atomic E-state index is 4.75. The number of nitrogens with one attached hydrogen (secondary N) is 1. The number of nitrogens with zero attached hydrogens (tertiary/aromatic N) is 2. The van der Waals surface area contributed by atoms with Crippen molar-refractivity contribution < 1.29 is 0 Å². The molecular weight excluding hydrogens is 258 g/mol. The molecule has 114 valence electrons. The van der Waals surface area contributed by atoms with Crippen molar-refractivity contribution in [2.45, 2.75) is 53.1 Å². The van der Waals surface area contributed by atoms with Crippen molar-refractivity contribution in [3.8, 4) is 0 Å². The van der Waals surface area contributed by atoms with E-state index >= 15 is 0 Å². The molecule has 0 amide bonds. The molecule has 0 aliphatic heterocycles. The number of hydrogen-bond acceptors (Lipinski definition) is 2. The van der Waals surface area contributed by atoms with Crippen molar-refractivity contribution in [3.05, 3.63) is 52.8 Å². The highest BCUT2D eigenvalue weighted by atomic mass is 15.3. The monoisotopic (exact) mass is 285 g/mol. The fraction of sp³-hybridized carbons (Fsp3) is 0.500. The van der Waals surface area contributed by atoms with Crippen LogP contribution < -0.4 is 5.32 Å². The molecule has 0 radical (unpaired) electrons. The molecule has 0 aliphatic carbocycles. The molecule has 0 aliphatic rings. The third-order valence-corrected chi connectivity index (χ3v) is 4.01. The number of benzene rings is 1. The predicted octanol–water partition coefficient (Wildman–Crippen LogP) is 3.67. The van der Waals surface area contributed by atoms with E-state index in [9.17, 15) is 0 Å². The summed E-state index contributed by atoms with van der Waals surface area (Å²) in [6.45, 7) is 10.6. The molecule has 1 heterocycles. The first-order chi connectivity index (χ1) is 10.2. The van der Waals surface area contributed by atoms with Crippen LogP contribution in [0.2, 0.25) is 0 Å². The van der Waals surface area contributed by atoms with Gasteiger partial charge >= 0.3 is 0 Å². The van der Waals surface area contributed by atoms with Gasteiger partial charge in [-0.15, -0.1) is 0 Å². The van der Waals surface area contributed by atoms with E-state index in [1.807, 2.05) is 0 Å². The number of hydrogen-bond donors (Lipinski definition) is 1. The Kier molecular flexibility index (Phi) is 5.57. The topological polar surface area (TPSA) is 29.9 Å². The normalized spacial score (nSPS) is 12.6. The second-order valence-electron chi connectivity index (χ2n) is 5.48. The van der Waals surface area contributed by atoms with Gasteiger partial charge in [0.2, 0.25) is 0 Å². The zero-order valence-corrected chi connectivity index (χ0v) is 13.7. The molecule has 2 rings (SSSR count). The van der Waals surface area contributed by atoms with E-state index in [2.05, 4.69) is 68.0 Å². The van der Waals surface area contributed by atoms with Gasteiger partial charge in [0.05, 0.1) is 18.3 Å². The van der Waals surface area contributed by atoms with Crippen LogP contribution >= 0.6 is 0 Å². The average molecular weight is 285 g/mol. The molecule has 0 fully saturated rings. The largest absolute Gasteiger partial charge is 0.309 e. The first-order valence-electron chi connectivity index (χ1n) is 8.04. The third-order valence-electron chi connectivity index (χ3n) is 4.01. The van der Waals surface area contributed by atoms with Crippen molar-refractivity contribution >= 4 is 0 Å². The van der Waals surface area contributed by atoms with Gasteiger partial charge in [-0.2, -0.15) is 5.10 Å². The Bertz CT molecular complexity index is 572. The average Bonchev–Trinajstić information content (AvgIpc) is 2.89. The van der Waals surface area contributed by atoms with E-state index in [1.165, 1.54) is 22.5 Å². The van der Waals surface area contributed by atoms with E-state index in [0.29, 0.717) is 6.04 Å². The third kappa shape index (κ3) is 3.73. The molecule has 0 saturated carbocycles. The Morgan fingerprint density at radius 3 is 2.52 bits per heavy atom. The van der Waals surface area contributed by atoms with E-state index in [0.717, 1.165) is 25.9 Å². The Labute approximate surface area is 128 Å². The first kappa shape index (κ1) is 15.8. The van der Waals surface area contributed by atoms with E-state index < -0.39 is 0 Å². The highest BCUT2D eigenvalue weighted by Crippen LogP contribution is 2.20. The molecular formula is C18H27N3. The van der Waals surface area contributed by atoms with Crippen LogP contribution in [0.3, 0.4) is 0 Å². The lowest BCUT2D eigenvalue weighted by molar-refractivity contribution is 0.436. The van der Waals surface area contributed by atoms with Crippen molar-refractivity contribution in [3.63, 3.8) is 0 Å². The van der Waals surface area contributed by atoms with Gasteiger partial charge in [-0.3, -0.25) is 4.68 Å². The second-order valence-corrected chi connectivity index (χ2v) is 5.48. The fourth-order valence-corrected chi connectivity index (χ4v) is 2.80. The lowest BCUT2D eigenvalue weighted by Crippen LogP contribution is -2.27. The molecule has 3 heteroatoms. The van der Waals surface area contributed by atoms with Gasteiger partial charge in [0.25, 0.3) is 0 Å². The number of rotatable bonds is 7. The number of aromatic nitrogens is 2. The molecule has 0 bridgehead atoms. The fourth-order valence-electron chi connectivity index (χ4n) is 2.80. The van der Waals surface area contributed by atoms with Gasteiger partial charge in [-0.25, -0.2) is 0 Å². The van der Waals surface area contributed by atoms with E-state index in [-0.39, 0.29) is 0 Å². The first-order valence-corrected chi connectivity index (χ1v) is 8.04. The molecule has 1 atom stereocenters. The molecule has 21 heavy (non-hydrogen) atoms. The zero-order chi connectivity index (χ0) is 15.2. The highest BCUT2D eigenvalue weighted by molar-refractivity contribution is 5.28. The summed E-state index contributed by atoms with van der Waals surface area (Å²) >= 11 is 0. The van der Waals surface area contributed by atoms with Crippen LogP contribution in [0.5, 0.6) is 0 Å². The molecule has 2 aromatic rings. The minimum Gasteiger partial charge on any atom is -0.309 e. The highest BCUT2D eigenvalue weighted by Gasteiger charge is 2.15. The standard InChI is InChI=1S/C18H27N3/c1-5-15-12-16(6-2)21(20-15)13-18(19-7-3)17-11-9-8-10-14(17)4/h8-12,18-19H,5-7,13H2,1-4H3. The smallest absolute Gasteiger partial charge is 0.0624 e. The predicted molar refractivity (Wildman–Crippen MR) is 88.6 cm³/mol. The molecule has 0 saturated heterocycles. The van der Waals surface area contributed by atoms with E-state index in [4.69, 9.17) is 5.10 Å². The van der Waals surface area contributed by atoms with Crippen molar-refractivity contribution in [2.24, 2.45) is 0 Å². The van der Waals surface area contributed by atoms with Crippen LogP contribution in [0.4, 0.5) is 0 Å². The van der Waals surface area contributed by atoms with Gasteiger partial charge in [-0.1, -0.05) is 45.0 Å². The molecule has 1 aromatic heterocycles. The summed E-state index contributed by atoms with van der Waals surface area (Å²) in [5.41, 5.74) is 5.22. The van der Waals surface area contributed by atoms with Crippen LogP contribution in [-0.4, -0.2) is 16.3 Å². The minimum absolute atomic E-state index is 0.311. The van der Waals surface area contributed by atoms with Crippen LogP contribution in [0.25, 0.3) is 0 Å². The Morgan fingerprint density at radius 1 is 1.14 bits per heavy atom. The van der Waals surface area contributed by atoms with Crippen LogP contribution in [-0.2, 0) is 19.4 Å². The maximum Gasteiger partial charge on any atom is 0.0624 e. The summed E-state index contributed by atoms with van der Waals surface area (Å²) in [7, 11) is 0. The van der Waals surface area contributed by atoms with Crippen LogP contribution in [0, 0.1) is 6.92 Å². The van der Waals surface area contributed by atoms with Gasteiger partial charge in [0.15, 0.2) is 0 Å². The minimum atomic E-state index is 0.311. The summed E-state index contributed by atoms with van der Waals surface area (Å²) in [6, 6.07) is 11.2. The van der Waals surface area contributed by atoms with Crippen molar-refractivity contribution in [1.82, 2.24) is 15.1 Å². The Hall–Kier alpha value is -1.61. The quantitative estimate of drug-likeness (QED) is 0.841. The lowest BCUT2D eigenvalue weighted by Gasteiger charge is -2.21. The SMILES string of the molecule is CCNC(Cn1nc(CC)cc1CC)c1ccccc1C.